The van der Waals surface area contributed by atoms with E-state index in [1.54, 1.807) is 7.11 Å². The molecule has 1 rings (SSSR count). The smallest absolute Gasteiger partial charge is 0.188 e. The van der Waals surface area contributed by atoms with Crippen LogP contribution in [-0.2, 0) is 4.74 Å². The third kappa shape index (κ3) is 3.48. The fraction of sp³-hybridized carbons (Fsp3) is 0.455. The molecule has 84 valence electrons. The second-order valence-electron chi connectivity index (χ2n) is 3.24. The highest BCUT2D eigenvalue weighted by Gasteiger charge is 2.10. The Hall–Kier alpha value is -0.580. The first-order chi connectivity index (χ1) is 7.19. The van der Waals surface area contributed by atoms with Gasteiger partial charge in [-0.05, 0) is 26.1 Å². The molecule has 1 atom stereocenters. The Kier molecular flexibility index (Phi) is 5.08. The highest BCUT2D eigenvalue weighted by molar-refractivity contribution is 9.10. The number of rotatable bonds is 5. The first-order valence-corrected chi connectivity index (χ1v) is 5.56. The highest BCUT2D eigenvalue weighted by atomic mass is 79.9. The van der Waals surface area contributed by atoms with Crippen molar-refractivity contribution in [2.24, 2.45) is 0 Å². The standard InChI is InChI=1S/C11H16BrNO2/c1-8(13-2)10-5-4-9(12)6-11(10)15-7-14-3/h4-6,8,13H,7H2,1-3H3. The van der Waals surface area contributed by atoms with Crippen molar-refractivity contribution in [2.75, 3.05) is 21.0 Å². The molecule has 1 unspecified atom stereocenters. The Bertz CT molecular complexity index is 317. The van der Waals surface area contributed by atoms with E-state index < -0.39 is 0 Å². The Labute approximate surface area is 98.9 Å². The van der Waals surface area contributed by atoms with E-state index in [1.165, 1.54) is 0 Å². The average Bonchev–Trinajstić information content (AvgIpc) is 2.25. The lowest BCUT2D eigenvalue weighted by molar-refractivity contribution is 0.0501. The van der Waals surface area contributed by atoms with Crippen LogP contribution in [-0.4, -0.2) is 21.0 Å². The molecule has 1 aromatic carbocycles. The van der Waals surface area contributed by atoms with Crippen LogP contribution in [0.4, 0.5) is 0 Å². The van der Waals surface area contributed by atoms with Crippen LogP contribution in [0.25, 0.3) is 0 Å². The van der Waals surface area contributed by atoms with E-state index in [0.29, 0.717) is 0 Å². The Balaban J connectivity index is 2.92. The van der Waals surface area contributed by atoms with Crippen LogP contribution >= 0.6 is 15.9 Å². The fourth-order valence-corrected chi connectivity index (χ4v) is 1.61. The molecule has 0 aliphatic heterocycles. The summed E-state index contributed by atoms with van der Waals surface area (Å²) in [6, 6.07) is 6.24. The molecule has 0 aliphatic rings. The number of nitrogens with one attached hydrogen (secondary N) is 1. The molecule has 0 bridgehead atoms. The van der Waals surface area contributed by atoms with Crippen LogP contribution < -0.4 is 10.1 Å². The van der Waals surface area contributed by atoms with Crippen molar-refractivity contribution in [3.63, 3.8) is 0 Å². The molecule has 1 aromatic rings. The van der Waals surface area contributed by atoms with Crippen molar-refractivity contribution in [2.45, 2.75) is 13.0 Å². The summed E-state index contributed by atoms with van der Waals surface area (Å²) in [5, 5.41) is 3.18. The topological polar surface area (TPSA) is 30.5 Å². The number of hydrogen-bond acceptors (Lipinski definition) is 3. The molecule has 15 heavy (non-hydrogen) atoms. The van der Waals surface area contributed by atoms with Crippen LogP contribution in [0.1, 0.15) is 18.5 Å². The fourth-order valence-electron chi connectivity index (χ4n) is 1.27. The van der Waals surface area contributed by atoms with Crippen LogP contribution in [0.15, 0.2) is 22.7 Å². The first-order valence-electron chi connectivity index (χ1n) is 4.77. The molecule has 0 radical (unpaired) electrons. The lowest BCUT2D eigenvalue weighted by atomic mass is 10.1. The summed E-state index contributed by atoms with van der Waals surface area (Å²) in [4.78, 5) is 0. The second kappa shape index (κ2) is 6.10. The van der Waals surface area contributed by atoms with E-state index in [1.807, 2.05) is 25.2 Å². The van der Waals surface area contributed by atoms with Gasteiger partial charge in [0.2, 0.25) is 0 Å². The van der Waals surface area contributed by atoms with Crippen molar-refractivity contribution in [3.8, 4) is 5.75 Å². The minimum absolute atomic E-state index is 0.255. The van der Waals surface area contributed by atoms with Crippen LogP contribution in [0.3, 0.4) is 0 Å². The zero-order valence-corrected chi connectivity index (χ0v) is 10.8. The summed E-state index contributed by atoms with van der Waals surface area (Å²) in [5.74, 6) is 0.841. The molecule has 0 aromatic heterocycles. The summed E-state index contributed by atoms with van der Waals surface area (Å²) >= 11 is 3.42. The van der Waals surface area contributed by atoms with Crippen LogP contribution in [0.2, 0.25) is 0 Å². The SMILES string of the molecule is CNC(C)c1ccc(Br)cc1OCOC. The summed E-state index contributed by atoms with van der Waals surface area (Å²) in [6.07, 6.45) is 0. The lowest BCUT2D eigenvalue weighted by Crippen LogP contribution is -2.14. The maximum absolute atomic E-state index is 5.50. The highest BCUT2D eigenvalue weighted by Crippen LogP contribution is 2.28. The van der Waals surface area contributed by atoms with Gasteiger partial charge in [-0.15, -0.1) is 0 Å². The first kappa shape index (κ1) is 12.5. The van der Waals surface area contributed by atoms with Gasteiger partial charge in [0.25, 0.3) is 0 Å². The molecule has 1 N–H and O–H groups in total. The largest absolute Gasteiger partial charge is 0.467 e. The van der Waals surface area contributed by atoms with Gasteiger partial charge < -0.3 is 14.8 Å². The zero-order valence-electron chi connectivity index (χ0n) is 9.21. The van der Waals surface area contributed by atoms with E-state index in [2.05, 4.69) is 28.2 Å². The molecule has 0 saturated carbocycles. The zero-order chi connectivity index (χ0) is 11.3. The predicted octanol–water partition coefficient (Wildman–Crippen LogP) is 2.71. The van der Waals surface area contributed by atoms with Crippen molar-refractivity contribution < 1.29 is 9.47 Å². The molecule has 4 heteroatoms. The maximum Gasteiger partial charge on any atom is 0.188 e. The maximum atomic E-state index is 5.50. The van der Waals surface area contributed by atoms with E-state index in [0.717, 1.165) is 15.8 Å². The third-order valence-electron chi connectivity index (χ3n) is 2.21. The van der Waals surface area contributed by atoms with Gasteiger partial charge in [0.05, 0.1) is 0 Å². The molecular weight excluding hydrogens is 258 g/mol. The van der Waals surface area contributed by atoms with Gasteiger partial charge in [0.15, 0.2) is 6.79 Å². The van der Waals surface area contributed by atoms with Crippen molar-refractivity contribution >= 4 is 15.9 Å². The van der Waals surface area contributed by atoms with E-state index >= 15 is 0 Å². The van der Waals surface area contributed by atoms with E-state index in [9.17, 15) is 0 Å². The number of halogens is 1. The third-order valence-corrected chi connectivity index (χ3v) is 2.70. The molecule has 0 saturated heterocycles. The Morgan fingerprint density at radius 1 is 1.47 bits per heavy atom. The minimum atomic E-state index is 0.255. The summed E-state index contributed by atoms with van der Waals surface area (Å²) in [7, 11) is 3.53. The number of methoxy groups -OCH3 is 1. The molecule has 0 amide bonds. The number of hydrogen-bond donors (Lipinski definition) is 1. The predicted molar refractivity (Wildman–Crippen MR) is 64.1 cm³/mol. The van der Waals surface area contributed by atoms with Crippen molar-refractivity contribution in [1.82, 2.24) is 5.32 Å². The van der Waals surface area contributed by atoms with Gasteiger partial charge in [0.1, 0.15) is 5.75 Å². The quantitative estimate of drug-likeness (QED) is 0.837. The van der Waals surface area contributed by atoms with Gasteiger partial charge >= 0.3 is 0 Å². The van der Waals surface area contributed by atoms with Crippen LogP contribution in [0, 0.1) is 0 Å². The number of benzene rings is 1. The Morgan fingerprint density at radius 3 is 2.80 bits per heavy atom. The van der Waals surface area contributed by atoms with E-state index in [4.69, 9.17) is 9.47 Å². The minimum Gasteiger partial charge on any atom is -0.467 e. The summed E-state index contributed by atoms with van der Waals surface area (Å²) in [5.41, 5.74) is 1.12. The summed E-state index contributed by atoms with van der Waals surface area (Å²) in [6.45, 7) is 2.35. The lowest BCUT2D eigenvalue weighted by Gasteiger charge is -2.16. The van der Waals surface area contributed by atoms with Gasteiger partial charge in [-0.25, -0.2) is 0 Å². The molecule has 0 heterocycles. The van der Waals surface area contributed by atoms with Crippen LogP contribution in [0.5, 0.6) is 5.75 Å². The molecule has 0 aliphatic carbocycles. The summed E-state index contributed by atoms with van der Waals surface area (Å²) < 4.78 is 11.4. The molecular formula is C11H16BrNO2. The normalized spacial score (nSPS) is 12.5. The average molecular weight is 274 g/mol. The van der Waals surface area contributed by atoms with Crippen molar-refractivity contribution in [3.05, 3.63) is 28.2 Å². The molecule has 3 nitrogen and oxygen atoms in total. The van der Waals surface area contributed by atoms with Crippen molar-refractivity contribution in [1.29, 1.82) is 0 Å². The molecule has 0 fully saturated rings. The second-order valence-corrected chi connectivity index (χ2v) is 4.16. The van der Waals surface area contributed by atoms with Gasteiger partial charge in [-0.1, -0.05) is 22.0 Å². The Morgan fingerprint density at radius 2 is 2.20 bits per heavy atom. The van der Waals surface area contributed by atoms with Gasteiger partial charge in [-0.3, -0.25) is 0 Å². The monoisotopic (exact) mass is 273 g/mol. The van der Waals surface area contributed by atoms with Gasteiger partial charge in [-0.2, -0.15) is 0 Å². The molecule has 0 spiro atoms. The van der Waals surface area contributed by atoms with E-state index in [-0.39, 0.29) is 12.8 Å². The number of ether oxygens (including phenoxy) is 2. The van der Waals surface area contributed by atoms with Gasteiger partial charge in [0, 0.05) is 23.2 Å².